The maximum absolute atomic E-state index is 13.0. The fraction of sp³-hybridized carbons (Fsp3) is 0.353. The van der Waals surface area contributed by atoms with Crippen LogP contribution in [0.15, 0.2) is 29.1 Å². The highest BCUT2D eigenvalue weighted by Gasteiger charge is 2.32. The number of aliphatic hydroxyl groups excluding tert-OH is 1. The van der Waals surface area contributed by atoms with Crippen LogP contribution in [0.2, 0.25) is 0 Å². The van der Waals surface area contributed by atoms with Gasteiger partial charge < -0.3 is 24.8 Å². The Balaban J connectivity index is 1.86. The second kappa shape index (κ2) is 7.22. The molecule has 0 spiro atoms. The topological polar surface area (TPSA) is 116 Å². The summed E-state index contributed by atoms with van der Waals surface area (Å²) < 4.78 is 18.1. The van der Waals surface area contributed by atoms with Crippen molar-refractivity contribution in [2.24, 2.45) is 0 Å². The Labute approximate surface area is 147 Å². The maximum atomic E-state index is 13.0. The molecule has 0 aliphatic carbocycles. The summed E-state index contributed by atoms with van der Waals surface area (Å²) in [5.41, 5.74) is -0.605. The molecule has 0 saturated carbocycles. The number of ether oxygens (including phenoxy) is 1. The van der Waals surface area contributed by atoms with Gasteiger partial charge >= 0.3 is 0 Å². The van der Waals surface area contributed by atoms with E-state index in [-0.39, 0.29) is 25.6 Å². The Kier molecular flexibility index (Phi) is 5.01. The number of aromatic nitrogens is 2. The van der Waals surface area contributed by atoms with Crippen molar-refractivity contribution < 1.29 is 24.1 Å². The number of aromatic hydroxyl groups is 1. The molecule has 8 nitrogen and oxygen atoms in total. The van der Waals surface area contributed by atoms with Crippen molar-refractivity contribution in [1.29, 1.82) is 0 Å². The summed E-state index contributed by atoms with van der Waals surface area (Å²) in [5.74, 6) is -2.36. The number of carbonyl (C=O) groups excluding carboxylic acids is 1. The number of amides is 1. The minimum absolute atomic E-state index is 0.0799. The van der Waals surface area contributed by atoms with E-state index in [0.717, 1.165) is 0 Å². The van der Waals surface area contributed by atoms with E-state index in [1.807, 2.05) is 0 Å². The molecule has 2 unspecified atom stereocenters. The molecule has 138 valence electrons. The number of carbonyl (C=O) groups is 1. The van der Waals surface area contributed by atoms with Crippen molar-refractivity contribution in [3.63, 3.8) is 0 Å². The standard InChI is InChI=1S/C17H18FN3O5/c1-21(6-9-2-4-10(18)5-3-9)17(25)13-14(23)16(24)20-15(19-13)11-7-26-8-12(11)22/h2-5,11-12,22-23H,6-8H2,1H3,(H,19,20,24). The Morgan fingerprint density at radius 3 is 2.69 bits per heavy atom. The summed E-state index contributed by atoms with van der Waals surface area (Å²) in [6, 6.07) is 5.61. The zero-order chi connectivity index (χ0) is 18.8. The highest BCUT2D eigenvalue weighted by atomic mass is 19.1. The smallest absolute Gasteiger partial charge is 0.293 e. The lowest BCUT2D eigenvalue weighted by Crippen LogP contribution is -2.30. The summed E-state index contributed by atoms with van der Waals surface area (Å²) in [6.07, 6.45) is -0.859. The van der Waals surface area contributed by atoms with E-state index >= 15 is 0 Å². The third-order valence-electron chi connectivity index (χ3n) is 4.20. The number of H-pyrrole nitrogens is 1. The number of nitrogens with zero attached hydrogens (tertiary/aromatic N) is 2. The van der Waals surface area contributed by atoms with Crippen LogP contribution < -0.4 is 5.56 Å². The van der Waals surface area contributed by atoms with Gasteiger partial charge in [0.1, 0.15) is 11.6 Å². The molecule has 1 aromatic heterocycles. The predicted molar refractivity (Wildman–Crippen MR) is 88.3 cm³/mol. The van der Waals surface area contributed by atoms with E-state index in [9.17, 15) is 24.2 Å². The van der Waals surface area contributed by atoms with Gasteiger partial charge in [-0.1, -0.05) is 12.1 Å². The number of hydrogen-bond acceptors (Lipinski definition) is 6. The Morgan fingerprint density at radius 2 is 2.08 bits per heavy atom. The molecule has 1 aliphatic heterocycles. The van der Waals surface area contributed by atoms with E-state index in [0.29, 0.717) is 5.56 Å². The van der Waals surface area contributed by atoms with Crippen LogP contribution in [0.1, 0.15) is 27.8 Å². The number of hydrogen-bond donors (Lipinski definition) is 3. The first kappa shape index (κ1) is 18.0. The molecule has 2 heterocycles. The lowest BCUT2D eigenvalue weighted by Gasteiger charge is -2.18. The summed E-state index contributed by atoms with van der Waals surface area (Å²) in [7, 11) is 1.47. The summed E-state index contributed by atoms with van der Waals surface area (Å²) in [4.78, 5) is 32.3. The van der Waals surface area contributed by atoms with Crippen LogP contribution in [0.3, 0.4) is 0 Å². The molecule has 1 fully saturated rings. The Morgan fingerprint density at radius 1 is 1.38 bits per heavy atom. The van der Waals surface area contributed by atoms with Crippen molar-refractivity contribution >= 4 is 5.91 Å². The Bertz CT molecular complexity index is 868. The van der Waals surface area contributed by atoms with Crippen LogP contribution in [0.25, 0.3) is 0 Å². The van der Waals surface area contributed by atoms with Gasteiger partial charge in [-0.05, 0) is 17.7 Å². The minimum Gasteiger partial charge on any atom is -0.501 e. The van der Waals surface area contributed by atoms with Crippen LogP contribution in [0.5, 0.6) is 5.75 Å². The number of halogens is 1. The molecule has 9 heteroatoms. The normalized spacial score (nSPS) is 19.5. The molecule has 3 rings (SSSR count). The van der Waals surface area contributed by atoms with E-state index in [1.165, 1.54) is 36.2 Å². The molecule has 1 amide bonds. The van der Waals surface area contributed by atoms with E-state index < -0.39 is 40.7 Å². The van der Waals surface area contributed by atoms with Crippen LogP contribution >= 0.6 is 0 Å². The van der Waals surface area contributed by atoms with Gasteiger partial charge in [0.15, 0.2) is 5.69 Å². The van der Waals surface area contributed by atoms with Gasteiger partial charge in [0, 0.05) is 13.6 Å². The zero-order valence-electron chi connectivity index (χ0n) is 14.0. The van der Waals surface area contributed by atoms with Gasteiger partial charge in [-0.3, -0.25) is 9.59 Å². The molecule has 0 radical (unpaired) electrons. The second-order valence-electron chi connectivity index (χ2n) is 6.15. The molecule has 1 saturated heterocycles. The first-order valence-electron chi connectivity index (χ1n) is 7.95. The van der Waals surface area contributed by atoms with Crippen LogP contribution in [-0.4, -0.2) is 57.4 Å². The minimum atomic E-state index is -0.868. The summed E-state index contributed by atoms with van der Waals surface area (Å²) in [5, 5.41) is 19.8. The maximum Gasteiger partial charge on any atom is 0.293 e. The largest absolute Gasteiger partial charge is 0.501 e. The number of nitrogens with one attached hydrogen (secondary N) is 1. The predicted octanol–water partition coefficient (Wildman–Crippen LogP) is 0.362. The number of aromatic amines is 1. The third-order valence-corrected chi connectivity index (χ3v) is 4.20. The average Bonchev–Trinajstić information content (AvgIpc) is 3.04. The quantitative estimate of drug-likeness (QED) is 0.722. The number of aliphatic hydroxyl groups is 1. The van der Waals surface area contributed by atoms with Gasteiger partial charge in [0.2, 0.25) is 5.75 Å². The fourth-order valence-corrected chi connectivity index (χ4v) is 2.73. The van der Waals surface area contributed by atoms with E-state index in [1.54, 1.807) is 0 Å². The van der Waals surface area contributed by atoms with Gasteiger partial charge in [0.25, 0.3) is 11.5 Å². The molecule has 26 heavy (non-hydrogen) atoms. The van der Waals surface area contributed by atoms with Crippen molar-refractivity contribution in [1.82, 2.24) is 14.9 Å². The number of rotatable bonds is 4. The third kappa shape index (κ3) is 3.58. The monoisotopic (exact) mass is 363 g/mol. The first-order valence-corrected chi connectivity index (χ1v) is 7.95. The first-order chi connectivity index (χ1) is 12.4. The zero-order valence-corrected chi connectivity index (χ0v) is 14.0. The lowest BCUT2D eigenvalue weighted by molar-refractivity contribution is 0.0774. The van der Waals surface area contributed by atoms with Crippen LogP contribution in [-0.2, 0) is 11.3 Å². The molecular weight excluding hydrogens is 345 g/mol. The van der Waals surface area contributed by atoms with Crippen molar-refractivity contribution in [3.8, 4) is 5.75 Å². The van der Waals surface area contributed by atoms with Crippen molar-refractivity contribution in [3.05, 3.63) is 57.5 Å². The van der Waals surface area contributed by atoms with E-state index in [4.69, 9.17) is 4.74 Å². The van der Waals surface area contributed by atoms with Crippen molar-refractivity contribution in [2.45, 2.75) is 18.6 Å². The molecule has 0 bridgehead atoms. The van der Waals surface area contributed by atoms with E-state index in [2.05, 4.69) is 9.97 Å². The molecule has 2 aromatic rings. The van der Waals surface area contributed by atoms with Gasteiger partial charge in [-0.25, -0.2) is 9.37 Å². The van der Waals surface area contributed by atoms with Crippen LogP contribution in [0, 0.1) is 5.82 Å². The lowest BCUT2D eigenvalue weighted by atomic mass is 10.1. The highest BCUT2D eigenvalue weighted by molar-refractivity contribution is 5.94. The molecule has 2 atom stereocenters. The van der Waals surface area contributed by atoms with Gasteiger partial charge in [-0.2, -0.15) is 0 Å². The second-order valence-corrected chi connectivity index (χ2v) is 6.15. The van der Waals surface area contributed by atoms with Gasteiger partial charge in [0.05, 0.1) is 25.2 Å². The number of benzene rings is 1. The molecule has 3 N–H and O–H groups in total. The fourth-order valence-electron chi connectivity index (χ4n) is 2.73. The molecular formula is C17H18FN3O5. The average molecular weight is 363 g/mol. The summed E-state index contributed by atoms with van der Waals surface area (Å²) in [6.45, 7) is 0.383. The molecule has 1 aliphatic rings. The van der Waals surface area contributed by atoms with Gasteiger partial charge in [-0.15, -0.1) is 0 Å². The SMILES string of the molecule is CN(Cc1ccc(F)cc1)C(=O)c1nc(C2COCC2O)[nH]c(=O)c1O. The molecule has 1 aromatic carbocycles. The summed E-state index contributed by atoms with van der Waals surface area (Å²) >= 11 is 0. The Hall–Kier alpha value is -2.78. The highest BCUT2D eigenvalue weighted by Crippen LogP contribution is 2.24. The van der Waals surface area contributed by atoms with Crippen molar-refractivity contribution in [2.75, 3.05) is 20.3 Å². The van der Waals surface area contributed by atoms with Crippen LogP contribution in [0.4, 0.5) is 4.39 Å².